The molecule has 0 radical (unpaired) electrons. The maximum atomic E-state index is 12.7. The summed E-state index contributed by atoms with van der Waals surface area (Å²) in [7, 11) is 0. The number of nitrogens with two attached hydrogens (primary N) is 1. The summed E-state index contributed by atoms with van der Waals surface area (Å²) in [5.74, 6) is -0.326. The lowest BCUT2D eigenvalue weighted by Gasteiger charge is -1.97. The smallest absolute Gasteiger partial charge is 0.140 e. The lowest BCUT2D eigenvalue weighted by molar-refractivity contribution is 0.626. The van der Waals surface area contributed by atoms with Gasteiger partial charge < -0.3 is 5.73 Å². The molecule has 3 nitrogen and oxygen atoms in total. The number of hydrogen-bond acceptors (Lipinski definition) is 2. The van der Waals surface area contributed by atoms with Crippen molar-refractivity contribution in [2.24, 2.45) is 5.73 Å². The van der Waals surface area contributed by atoms with E-state index >= 15 is 0 Å². The molecule has 2 aromatic heterocycles. The fourth-order valence-corrected chi connectivity index (χ4v) is 1.29. The van der Waals surface area contributed by atoms with E-state index in [0.29, 0.717) is 11.3 Å². The van der Waals surface area contributed by atoms with E-state index in [1.165, 1.54) is 18.3 Å². The Kier molecular flexibility index (Phi) is 1.73. The molecule has 0 spiro atoms. The first-order valence-electron chi connectivity index (χ1n) is 3.61. The Labute approximate surface area is 79.0 Å². The number of pyridine rings is 1. The van der Waals surface area contributed by atoms with Crippen molar-refractivity contribution in [1.82, 2.24) is 9.38 Å². The van der Waals surface area contributed by atoms with Crippen molar-refractivity contribution in [3.05, 3.63) is 36.0 Å². The van der Waals surface area contributed by atoms with Crippen LogP contribution in [-0.4, -0.2) is 14.4 Å². The Balaban J connectivity index is 2.76. The minimum atomic E-state index is -0.326. The minimum Gasteiger partial charge on any atom is -0.388 e. The first-order valence-corrected chi connectivity index (χ1v) is 4.02. The van der Waals surface area contributed by atoms with Crippen molar-refractivity contribution in [2.75, 3.05) is 0 Å². The molecule has 0 aliphatic heterocycles. The molecule has 0 unspecified atom stereocenters. The molecule has 2 N–H and O–H groups in total. The summed E-state index contributed by atoms with van der Waals surface area (Å²) in [5.41, 5.74) is 6.56. The van der Waals surface area contributed by atoms with Crippen LogP contribution in [0.5, 0.6) is 0 Å². The van der Waals surface area contributed by atoms with Crippen molar-refractivity contribution >= 4 is 22.9 Å². The van der Waals surface area contributed by atoms with E-state index in [4.69, 9.17) is 18.0 Å². The summed E-state index contributed by atoms with van der Waals surface area (Å²) in [6.07, 6.45) is 3.07. The van der Waals surface area contributed by atoms with E-state index in [0.717, 1.165) is 0 Å². The van der Waals surface area contributed by atoms with Crippen molar-refractivity contribution < 1.29 is 4.39 Å². The molecule has 2 rings (SSSR count). The Bertz CT molecular complexity index is 477. The normalized spacial score (nSPS) is 10.5. The maximum absolute atomic E-state index is 12.7. The monoisotopic (exact) mass is 195 g/mol. The number of aromatic nitrogens is 2. The van der Waals surface area contributed by atoms with E-state index in [2.05, 4.69) is 4.98 Å². The van der Waals surface area contributed by atoms with Gasteiger partial charge in [-0.3, -0.25) is 4.40 Å². The zero-order chi connectivity index (χ0) is 9.42. The summed E-state index contributed by atoms with van der Waals surface area (Å²) in [6.45, 7) is 0. The van der Waals surface area contributed by atoms with Crippen LogP contribution < -0.4 is 5.73 Å². The number of nitrogens with zero attached hydrogens (tertiary/aromatic N) is 2. The minimum absolute atomic E-state index is 0.249. The highest BCUT2D eigenvalue weighted by Gasteiger charge is 2.05. The highest BCUT2D eigenvalue weighted by molar-refractivity contribution is 7.80. The predicted octanol–water partition coefficient (Wildman–Crippen LogP) is 1.11. The van der Waals surface area contributed by atoms with Crippen LogP contribution in [0.3, 0.4) is 0 Å². The fourth-order valence-electron chi connectivity index (χ4n) is 1.14. The van der Waals surface area contributed by atoms with Gasteiger partial charge in [0.15, 0.2) is 0 Å². The van der Waals surface area contributed by atoms with Crippen LogP contribution in [0, 0.1) is 5.82 Å². The number of halogens is 1. The van der Waals surface area contributed by atoms with Gasteiger partial charge in [0, 0.05) is 12.3 Å². The van der Waals surface area contributed by atoms with Crippen LogP contribution >= 0.6 is 12.2 Å². The Morgan fingerprint density at radius 3 is 3.08 bits per heavy atom. The van der Waals surface area contributed by atoms with E-state index in [1.54, 1.807) is 10.6 Å². The standard InChI is InChI=1S/C8H6FN3S/c9-5-1-2-12-6(8(10)13)4-11-7(12)3-5/h1-4H,(H2,10,13). The molecule has 0 saturated carbocycles. The third-order valence-electron chi connectivity index (χ3n) is 1.73. The molecular formula is C8H6FN3S. The van der Waals surface area contributed by atoms with Crippen molar-refractivity contribution in [2.45, 2.75) is 0 Å². The van der Waals surface area contributed by atoms with Gasteiger partial charge >= 0.3 is 0 Å². The zero-order valence-corrected chi connectivity index (χ0v) is 7.38. The Morgan fingerprint density at radius 1 is 1.62 bits per heavy atom. The summed E-state index contributed by atoms with van der Waals surface area (Å²) < 4.78 is 14.4. The zero-order valence-electron chi connectivity index (χ0n) is 6.57. The molecule has 0 aliphatic rings. The molecule has 0 saturated heterocycles. The first-order chi connectivity index (χ1) is 6.18. The maximum Gasteiger partial charge on any atom is 0.140 e. The number of fused-ring (bicyclic) bond motifs is 1. The van der Waals surface area contributed by atoms with Crippen LogP contribution in [0.15, 0.2) is 24.5 Å². The Hall–Kier alpha value is -1.49. The van der Waals surface area contributed by atoms with Gasteiger partial charge in [-0.15, -0.1) is 0 Å². The molecular weight excluding hydrogens is 189 g/mol. The molecule has 0 fully saturated rings. The topological polar surface area (TPSA) is 43.3 Å². The lowest BCUT2D eigenvalue weighted by Crippen LogP contribution is -2.11. The third kappa shape index (κ3) is 1.27. The molecule has 0 aromatic carbocycles. The van der Waals surface area contributed by atoms with E-state index in [9.17, 15) is 4.39 Å². The summed E-state index contributed by atoms with van der Waals surface area (Å²) >= 11 is 4.80. The predicted molar refractivity (Wildman–Crippen MR) is 51.0 cm³/mol. The highest BCUT2D eigenvalue weighted by Crippen LogP contribution is 2.08. The van der Waals surface area contributed by atoms with Crippen LogP contribution in [0.2, 0.25) is 0 Å². The third-order valence-corrected chi connectivity index (χ3v) is 1.94. The molecule has 0 amide bonds. The highest BCUT2D eigenvalue weighted by atomic mass is 32.1. The number of rotatable bonds is 1. The van der Waals surface area contributed by atoms with Gasteiger partial charge in [0.25, 0.3) is 0 Å². The number of thiocarbonyl (C=S) groups is 1. The van der Waals surface area contributed by atoms with E-state index < -0.39 is 0 Å². The summed E-state index contributed by atoms with van der Waals surface area (Å²) in [4.78, 5) is 4.21. The molecule has 13 heavy (non-hydrogen) atoms. The van der Waals surface area contributed by atoms with E-state index in [-0.39, 0.29) is 10.8 Å². The van der Waals surface area contributed by atoms with Crippen molar-refractivity contribution in [3.63, 3.8) is 0 Å². The van der Waals surface area contributed by atoms with Crippen molar-refractivity contribution in [3.8, 4) is 0 Å². The number of imidazole rings is 1. The second kappa shape index (κ2) is 2.77. The number of hydrogen-bond donors (Lipinski definition) is 1. The van der Waals surface area contributed by atoms with Crippen LogP contribution in [0.25, 0.3) is 5.65 Å². The van der Waals surface area contributed by atoms with Crippen LogP contribution in [-0.2, 0) is 0 Å². The van der Waals surface area contributed by atoms with Gasteiger partial charge in [0.1, 0.15) is 16.5 Å². The lowest BCUT2D eigenvalue weighted by atomic mass is 10.4. The van der Waals surface area contributed by atoms with E-state index in [1.807, 2.05) is 0 Å². The van der Waals surface area contributed by atoms with Gasteiger partial charge in [0.2, 0.25) is 0 Å². The molecule has 0 bridgehead atoms. The molecule has 66 valence electrons. The van der Waals surface area contributed by atoms with Gasteiger partial charge in [-0.05, 0) is 6.07 Å². The second-order valence-corrected chi connectivity index (χ2v) is 3.02. The first kappa shape index (κ1) is 8.12. The molecule has 2 aromatic rings. The second-order valence-electron chi connectivity index (χ2n) is 2.58. The van der Waals surface area contributed by atoms with Gasteiger partial charge in [0.05, 0.1) is 11.9 Å². The fraction of sp³-hybridized carbons (Fsp3) is 0. The van der Waals surface area contributed by atoms with Gasteiger partial charge in [-0.2, -0.15) is 0 Å². The quantitative estimate of drug-likeness (QED) is 0.693. The van der Waals surface area contributed by atoms with Gasteiger partial charge in [-0.1, -0.05) is 12.2 Å². The average Bonchev–Trinajstić information content (AvgIpc) is 2.46. The summed E-state index contributed by atoms with van der Waals surface area (Å²) in [6, 6.07) is 2.65. The van der Waals surface area contributed by atoms with Crippen molar-refractivity contribution in [1.29, 1.82) is 0 Å². The molecule has 2 heterocycles. The SMILES string of the molecule is NC(=S)c1cnc2cc(F)ccn12. The van der Waals surface area contributed by atoms with Gasteiger partial charge in [-0.25, -0.2) is 9.37 Å². The Morgan fingerprint density at radius 2 is 2.38 bits per heavy atom. The largest absolute Gasteiger partial charge is 0.388 e. The molecule has 0 atom stereocenters. The summed E-state index contributed by atoms with van der Waals surface area (Å²) in [5, 5.41) is 0. The molecule has 0 aliphatic carbocycles. The van der Waals surface area contributed by atoms with Crippen LogP contribution in [0.1, 0.15) is 5.69 Å². The molecule has 5 heteroatoms. The van der Waals surface area contributed by atoms with Crippen LogP contribution in [0.4, 0.5) is 4.39 Å². The average molecular weight is 195 g/mol.